The first-order valence-corrected chi connectivity index (χ1v) is 14.2. The van der Waals surface area contributed by atoms with Gasteiger partial charge < -0.3 is 0 Å². The smallest absolute Gasteiger partial charge is 0.0297 e. The zero-order valence-corrected chi connectivity index (χ0v) is 21.5. The second kappa shape index (κ2) is 22.7. The van der Waals surface area contributed by atoms with Crippen molar-refractivity contribution < 1.29 is 0 Å². The summed E-state index contributed by atoms with van der Waals surface area (Å²) in [5.74, 6) is 0. The molecule has 0 heterocycles. The predicted octanol–water partition coefficient (Wildman–Crippen LogP) is 11.4. The summed E-state index contributed by atoms with van der Waals surface area (Å²) in [5, 5.41) is 0. The largest absolute Gasteiger partial charge is 0.0654 e. The average molecular weight is 409 g/mol. The zero-order valence-electron chi connectivity index (χ0n) is 21.5. The van der Waals surface area contributed by atoms with E-state index in [1.165, 1.54) is 154 Å². The highest BCUT2D eigenvalue weighted by Gasteiger charge is 2.28. The molecule has 0 aromatic heterocycles. The van der Waals surface area contributed by atoms with Crippen molar-refractivity contribution in [2.75, 3.05) is 0 Å². The normalized spacial score (nSPS) is 12.0. The van der Waals surface area contributed by atoms with Gasteiger partial charge in [-0.3, -0.25) is 0 Å². The van der Waals surface area contributed by atoms with Gasteiger partial charge in [0.1, 0.15) is 0 Å². The van der Waals surface area contributed by atoms with Crippen LogP contribution in [-0.4, -0.2) is 0 Å². The molecule has 0 nitrogen and oxygen atoms in total. The Labute approximate surface area is 187 Å². The fraction of sp³-hybridized carbons (Fsp3) is 1.00. The van der Waals surface area contributed by atoms with E-state index < -0.39 is 0 Å². The molecular formula is C29H60. The third kappa shape index (κ3) is 18.5. The topological polar surface area (TPSA) is 0 Å². The molecule has 0 radical (unpaired) electrons. The van der Waals surface area contributed by atoms with Crippen LogP contribution in [0.4, 0.5) is 0 Å². The Kier molecular flexibility index (Phi) is 22.7. The Hall–Kier alpha value is 0. The van der Waals surface area contributed by atoms with Crippen molar-refractivity contribution >= 4 is 0 Å². The highest BCUT2D eigenvalue weighted by molar-refractivity contribution is 4.80. The molecule has 176 valence electrons. The molecule has 0 N–H and O–H groups in total. The van der Waals surface area contributed by atoms with Gasteiger partial charge in [0.05, 0.1) is 0 Å². The van der Waals surface area contributed by atoms with Crippen LogP contribution in [0, 0.1) is 5.41 Å². The monoisotopic (exact) mass is 408 g/mol. The molecule has 0 saturated carbocycles. The van der Waals surface area contributed by atoms with Crippen molar-refractivity contribution in [1.82, 2.24) is 0 Å². The molecule has 0 spiro atoms. The summed E-state index contributed by atoms with van der Waals surface area (Å²) in [7, 11) is 0. The Morgan fingerprint density at radius 3 is 0.759 bits per heavy atom. The van der Waals surface area contributed by atoms with Crippen LogP contribution >= 0.6 is 0 Å². The quantitative estimate of drug-likeness (QED) is 0.139. The van der Waals surface area contributed by atoms with E-state index in [9.17, 15) is 0 Å². The van der Waals surface area contributed by atoms with Crippen LogP contribution in [0.25, 0.3) is 0 Å². The van der Waals surface area contributed by atoms with Crippen LogP contribution in [0.15, 0.2) is 0 Å². The summed E-state index contributed by atoms with van der Waals surface area (Å²) in [6.07, 6.45) is 35.2. The minimum atomic E-state index is 0.692. The Bertz CT molecular complexity index is 261. The molecule has 0 aliphatic rings. The number of unbranched alkanes of at least 4 members (excludes halogenated alkanes) is 16. The summed E-state index contributed by atoms with van der Waals surface area (Å²) < 4.78 is 0. The minimum absolute atomic E-state index is 0.692. The summed E-state index contributed by atoms with van der Waals surface area (Å²) >= 11 is 0. The molecule has 0 aliphatic heterocycles. The van der Waals surface area contributed by atoms with Crippen molar-refractivity contribution in [2.24, 2.45) is 5.41 Å². The molecule has 0 saturated heterocycles. The summed E-state index contributed by atoms with van der Waals surface area (Å²) in [6.45, 7) is 9.37. The lowest BCUT2D eigenvalue weighted by Crippen LogP contribution is -2.21. The number of hydrogen-bond acceptors (Lipinski definition) is 0. The molecule has 0 rings (SSSR count). The van der Waals surface area contributed by atoms with Crippen molar-refractivity contribution in [2.45, 2.75) is 182 Å². The van der Waals surface area contributed by atoms with Gasteiger partial charge in [-0.25, -0.2) is 0 Å². The van der Waals surface area contributed by atoms with Gasteiger partial charge in [0.2, 0.25) is 0 Å². The Balaban J connectivity index is 4.54. The van der Waals surface area contributed by atoms with Gasteiger partial charge in [0.15, 0.2) is 0 Å². The lowest BCUT2D eigenvalue weighted by molar-refractivity contribution is 0.172. The first kappa shape index (κ1) is 29.0. The lowest BCUT2D eigenvalue weighted by Gasteiger charge is -2.35. The molecule has 0 amide bonds. The van der Waals surface area contributed by atoms with Crippen LogP contribution in [0.3, 0.4) is 0 Å². The van der Waals surface area contributed by atoms with Crippen LogP contribution in [0.1, 0.15) is 182 Å². The lowest BCUT2D eigenvalue weighted by atomic mass is 9.70. The van der Waals surface area contributed by atoms with Crippen LogP contribution in [0.2, 0.25) is 0 Å². The first-order chi connectivity index (χ1) is 14.2. The molecule has 0 heteroatoms. The van der Waals surface area contributed by atoms with E-state index in [-0.39, 0.29) is 0 Å². The standard InChI is InChI=1S/C29H60/c1-5-9-13-17-18-19-20-24-28-29(25-21-14-10-6-2,26-22-15-11-7-3)27-23-16-12-8-4/h5-28H2,1-4H3. The van der Waals surface area contributed by atoms with E-state index in [1.54, 1.807) is 0 Å². The van der Waals surface area contributed by atoms with E-state index in [2.05, 4.69) is 27.7 Å². The van der Waals surface area contributed by atoms with Crippen molar-refractivity contribution in [3.63, 3.8) is 0 Å². The third-order valence-electron chi connectivity index (χ3n) is 7.24. The summed E-state index contributed by atoms with van der Waals surface area (Å²) in [4.78, 5) is 0. The maximum atomic E-state index is 2.35. The molecule has 0 fully saturated rings. The second-order valence-corrected chi connectivity index (χ2v) is 10.2. The predicted molar refractivity (Wildman–Crippen MR) is 136 cm³/mol. The molecule has 0 bridgehead atoms. The van der Waals surface area contributed by atoms with E-state index in [4.69, 9.17) is 0 Å². The van der Waals surface area contributed by atoms with E-state index in [0.29, 0.717) is 5.41 Å². The molecule has 0 aliphatic carbocycles. The van der Waals surface area contributed by atoms with Crippen molar-refractivity contribution in [3.8, 4) is 0 Å². The zero-order chi connectivity index (χ0) is 21.5. The van der Waals surface area contributed by atoms with Crippen LogP contribution in [-0.2, 0) is 0 Å². The van der Waals surface area contributed by atoms with Gasteiger partial charge in [0.25, 0.3) is 0 Å². The first-order valence-electron chi connectivity index (χ1n) is 14.2. The number of rotatable bonds is 24. The fourth-order valence-electron chi connectivity index (χ4n) is 5.16. The van der Waals surface area contributed by atoms with Crippen molar-refractivity contribution in [1.29, 1.82) is 0 Å². The summed E-state index contributed by atoms with van der Waals surface area (Å²) in [6, 6.07) is 0. The van der Waals surface area contributed by atoms with Gasteiger partial charge >= 0.3 is 0 Å². The summed E-state index contributed by atoms with van der Waals surface area (Å²) in [5.41, 5.74) is 0.692. The third-order valence-corrected chi connectivity index (χ3v) is 7.24. The van der Waals surface area contributed by atoms with Crippen LogP contribution < -0.4 is 0 Å². The molecule has 0 aromatic rings. The highest BCUT2D eigenvalue weighted by Crippen LogP contribution is 2.42. The Morgan fingerprint density at radius 1 is 0.276 bits per heavy atom. The van der Waals surface area contributed by atoms with Gasteiger partial charge in [-0.1, -0.05) is 156 Å². The molecule has 29 heavy (non-hydrogen) atoms. The molecule has 0 unspecified atom stereocenters. The van der Waals surface area contributed by atoms with Gasteiger partial charge in [0, 0.05) is 0 Å². The fourth-order valence-corrected chi connectivity index (χ4v) is 5.16. The van der Waals surface area contributed by atoms with Gasteiger partial charge in [-0.2, -0.15) is 0 Å². The van der Waals surface area contributed by atoms with Crippen molar-refractivity contribution in [3.05, 3.63) is 0 Å². The number of hydrogen-bond donors (Lipinski definition) is 0. The molecular weight excluding hydrogens is 348 g/mol. The van der Waals surface area contributed by atoms with Gasteiger partial charge in [-0.15, -0.1) is 0 Å². The van der Waals surface area contributed by atoms with E-state index in [0.717, 1.165) is 0 Å². The van der Waals surface area contributed by atoms with Gasteiger partial charge in [-0.05, 0) is 31.1 Å². The van der Waals surface area contributed by atoms with E-state index >= 15 is 0 Å². The molecule has 0 atom stereocenters. The SMILES string of the molecule is CCCCCCCCCCC(CCCCCC)(CCCCCC)CCCCCC. The Morgan fingerprint density at radius 2 is 0.483 bits per heavy atom. The average Bonchev–Trinajstić information content (AvgIpc) is 2.73. The van der Waals surface area contributed by atoms with E-state index in [1.807, 2.05) is 0 Å². The maximum Gasteiger partial charge on any atom is -0.0297 e. The highest BCUT2D eigenvalue weighted by atomic mass is 14.3. The maximum absolute atomic E-state index is 2.35. The second-order valence-electron chi connectivity index (χ2n) is 10.2. The van der Waals surface area contributed by atoms with Crippen LogP contribution in [0.5, 0.6) is 0 Å². The minimum Gasteiger partial charge on any atom is -0.0654 e. The molecule has 0 aromatic carbocycles.